The molecule has 0 bridgehead atoms. The molecule has 1 atom stereocenters. The standard InChI is InChI=1S/C17H21BrN2/c1-11(2)13-4-6-14(7-5-13)15-8-9-16-17(18)19-12(3)20(16)10-15/h4-7,11,15H,8-10H2,1-3H3. The van der Waals surface area contributed by atoms with Crippen LogP contribution in [-0.2, 0) is 13.0 Å². The Balaban J connectivity index is 1.84. The summed E-state index contributed by atoms with van der Waals surface area (Å²) in [4.78, 5) is 4.54. The van der Waals surface area contributed by atoms with E-state index in [0.717, 1.165) is 23.4 Å². The van der Waals surface area contributed by atoms with E-state index in [-0.39, 0.29) is 0 Å². The summed E-state index contributed by atoms with van der Waals surface area (Å²) in [5.74, 6) is 2.34. The van der Waals surface area contributed by atoms with Crippen molar-refractivity contribution in [3.8, 4) is 0 Å². The molecule has 106 valence electrons. The first-order valence-corrected chi connectivity index (χ1v) is 8.17. The molecule has 0 amide bonds. The molecule has 0 radical (unpaired) electrons. The van der Waals surface area contributed by atoms with Crippen molar-refractivity contribution < 1.29 is 0 Å². The van der Waals surface area contributed by atoms with Crippen molar-refractivity contribution in [3.05, 3.63) is 51.5 Å². The normalized spacial score (nSPS) is 18.4. The number of nitrogens with zero attached hydrogens (tertiary/aromatic N) is 2. The SMILES string of the molecule is Cc1nc(Br)c2n1CC(c1ccc(C(C)C)cc1)CC2. The Morgan fingerprint density at radius 1 is 1.25 bits per heavy atom. The van der Waals surface area contributed by atoms with Crippen LogP contribution in [0.2, 0.25) is 0 Å². The number of hydrogen-bond donors (Lipinski definition) is 0. The minimum Gasteiger partial charge on any atom is -0.331 e. The molecule has 1 aliphatic rings. The lowest BCUT2D eigenvalue weighted by molar-refractivity contribution is 0.455. The third-order valence-corrected chi connectivity index (χ3v) is 5.06. The van der Waals surface area contributed by atoms with Gasteiger partial charge in [0.25, 0.3) is 0 Å². The zero-order valence-corrected chi connectivity index (χ0v) is 13.9. The quantitative estimate of drug-likeness (QED) is 0.771. The molecule has 0 saturated heterocycles. The maximum absolute atomic E-state index is 4.54. The van der Waals surface area contributed by atoms with E-state index in [0.29, 0.717) is 11.8 Å². The van der Waals surface area contributed by atoms with Gasteiger partial charge in [-0.05, 0) is 52.7 Å². The minimum atomic E-state index is 0.605. The average molecular weight is 333 g/mol. The third-order valence-electron chi connectivity index (χ3n) is 4.42. The van der Waals surface area contributed by atoms with E-state index in [1.165, 1.54) is 23.2 Å². The second-order valence-electron chi connectivity index (χ2n) is 6.06. The van der Waals surface area contributed by atoms with Gasteiger partial charge in [-0.15, -0.1) is 0 Å². The van der Waals surface area contributed by atoms with Crippen molar-refractivity contribution in [3.63, 3.8) is 0 Å². The summed E-state index contributed by atoms with van der Waals surface area (Å²) >= 11 is 3.57. The molecular formula is C17H21BrN2. The molecule has 0 N–H and O–H groups in total. The van der Waals surface area contributed by atoms with Gasteiger partial charge in [-0.1, -0.05) is 38.1 Å². The lowest BCUT2D eigenvalue weighted by atomic mass is 9.89. The Kier molecular flexibility index (Phi) is 3.72. The van der Waals surface area contributed by atoms with Crippen LogP contribution in [0, 0.1) is 6.92 Å². The van der Waals surface area contributed by atoms with Crippen molar-refractivity contribution in [2.45, 2.75) is 52.0 Å². The Labute approximate surface area is 129 Å². The number of rotatable bonds is 2. The number of benzene rings is 1. The zero-order chi connectivity index (χ0) is 14.3. The van der Waals surface area contributed by atoms with Crippen molar-refractivity contribution in [2.75, 3.05) is 0 Å². The largest absolute Gasteiger partial charge is 0.331 e. The van der Waals surface area contributed by atoms with Crippen molar-refractivity contribution in [2.24, 2.45) is 0 Å². The molecule has 0 saturated carbocycles. The van der Waals surface area contributed by atoms with Gasteiger partial charge in [0.15, 0.2) is 0 Å². The van der Waals surface area contributed by atoms with Gasteiger partial charge in [-0.3, -0.25) is 0 Å². The fourth-order valence-electron chi connectivity index (χ4n) is 3.10. The van der Waals surface area contributed by atoms with Gasteiger partial charge in [-0.2, -0.15) is 0 Å². The zero-order valence-electron chi connectivity index (χ0n) is 12.4. The van der Waals surface area contributed by atoms with Crippen LogP contribution in [-0.4, -0.2) is 9.55 Å². The van der Waals surface area contributed by atoms with Crippen molar-refractivity contribution >= 4 is 15.9 Å². The van der Waals surface area contributed by atoms with Crippen molar-refractivity contribution in [1.29, 1.82) is 0 Å². The fourth-order valence-corrected chi connectivity index (χ4v) is 3.77. The summed E-state index contributed by atoms with van der Waals surface area (Å²) in [7, 11) is 0. The molecule has 0 aliphatic carbocycles. The summed E-state index contributed by atoms with van der Waals surface area (Å²) in [6.07, 6.45) is 2.32. The van der Waals surface area contributed by atoms with Crippen molar-refractivity contribution in [1.82, 2.24) is 9.55 Å². The van der Waals surface area contributed by atoms with Crippen LogP contribution in [0.1, 0.15) is 54.7 Å². The summed E-state index contributed by atoms with van der Waals surface area (Å²) in [5, 5.41) is 0. The predicted molar refractivity (Wildman–Crippen MR) is 86.3 cm³/mol. The number of halogens is 1. The highest BCUT2D eigenvalue weighted by atomic mass is 79.9. The van der Waals surface area contributed by atoms with E-state index in [9.17, 15) is 0 Å². The Morgan fingerprint density at radius 2 is 1.95 bits per heavy atom. The first-order valence-electron chi connectivity index (χ1n) is 7.37. The van der Waals surface area contributed by atoms with Gasteiger partial charge in [0, 0.05) is 12.5 Å². The minimum absolute atomic E-state index is 0.605. The van der Waals surface area contributed by atoms with Crippen LogP contribution >= 0.6 is 15.9 Å². The van der Waals surface area contributed by atoms with E-state index in [2.05, 4.69) is 70.5 Å². The molecule has 2 aromatic rings. The van der Waals surface area contributed by atoms with Crippen LogP contribution < -0.4 is 0 Å². The monoisotopic (exact) mass is 332 g/mol. The topological polar surface area (TPSA) is 17.8 Å². The number of aryl methyl sites for hydroxylation is 1. The van der Waals surface area contributed by atoms with E-state index in [4.69, 9.17) is 0 Å². The predicted octanol–water partition coefficient (Wildman–Crippen LogP) is 4.81. The van der Waals surface area contributed by atoms with Gasteiger partial charge in [-0.25, -0.2) is 4.98 Å². The first-order chi connectivity index (χ1) is 9.56. The maximum atomic E-state index is 4.54. The number of aromatic nitrogens is 2. The third kappa shape index (κ3) is 2.44. The fraction of sp³-hybridized carbons (Fsp3) is 0.471. The highest BCUT2D eigenvalue weighted by molar-refractivity contribution is 9.10. The highest BCUT2D eigenvalue weighted by Crippen LogP contribution is 2.33. The number of imidazole rings is 1. The van der Waals surface area contributed by atoms with Crippen LogP contribution in [0.25, 0.3) is 0 Å². The summed E-state index contributed by atoms with van der Waals surface area (Å²) in [6.45, 7) is 7.64. The lowest BCUT2D eigenvalue weighted by Gasteiger charge is -2.26. The van der Waals surface area contributed by atoms with Crippen LogP contribution in [0.5, 0.6) is 0 Å². The van der Waals surface area contributed by atoms with Crippen LogP contribution in [0.4, 0.5) is 0 Å². The average Bonchev–Trinajstić information content (AvgIpc) is 2.74. The maximum Gasteiger partial charge on any atom is 0.127 e. The summed E-state index contributed by atoms with van der Waals surface area (Å²) < 4.78 is 3.40. The number of fused-ring (bicyclic) bond motifs is 1. The Morgan fingerprint density at radius 3 is 2.60 bits per heavy atom. The summed E-state index contributed by atoms with van der Waals surface area (Å²) in [6, 6.07) is 9.19. The molecule has 0 spiro atoms. The molecule has 1 unspecified atom stereocenters. The molecule has 1 aliphatic heterocycles. The Hall–Kier alpha value is -1.09. The van der Waals surface area contributed by atoms with Crippen LogP contribution in [0.15, 0.2) is 28.9 Å². The molecule has 0 fully saturated rings. The molecule has 2 heterocycles. The molecule has 3 rings (SSSR count). The molecule has 20 heavy (non-hydrogen) atoms. The van der Waals surface area contributed by atoms with Gasteiger partial charge < -0.3 is 4.57 Å². The van der Waals surface area contributed by atoms with Gasteiger partial charge in [0.05, 0.1) is 5.69 Å². The van der Waals surface area contributed by atoms with E-state index in [1.54, 1.807) is 0 Å². The second kappa shape index (κ2) is 5.36. The molecule has 2 nitrogen and oxygen atoms in total. The Bertz CT molecular complexity index is 611. The summed E-state index contributed by atoms with van der Waals surface area (Å²) in [5.41, 5.74) is 4.24. The smallest absolute Gasteiger partial charge is 0.127 e. The van der Waals surface area contributed by atoms with Crippen LogP contribution in [0.3, 0.4) is 0 Å². The van der Waals surface area contributed by atoms with E-state index in [1.807, 2.05) is 0 Å². The van der Waals surface area contributed by atoms with E-state index < -0.39 is 0 Å². The van der Waals surface area contributed by atoms with Gasteiger partial charge in [0.2, 0.25) is 0 Å². The highest BCUT2D eigenvalue weighted by Gasteiger charge is 2.24. The lowest BCUT2D eigenvalue weighted by Crippen LogP contribution is -2.19. The van der Waals surface area contributed by atoms with Gasteiger partial charge in [0.1, 0.15) is 10.4 Å². The molecule has 3 heteroatoms. The van der Waals surface area contributed by atoms with E-state index >= 15 is 0 Å². The molecular weight excluding hydrogens is 312 g/mol. The molecule has 1 aromatic heterocycles. The first kappa shape index (κ1) is 13.9. The second-order valence-corrected chi connectivity index (χ2v) is 6.82. The molecule has 1 aromatic carbocycles. The number of hydrogen-bond acceptors (Lipinski definition) is 1. The van der Waals surface area contributed by atoms with Gasteiger partial charge >= 0.3 is 0 Å².